The number of hydrogen-bond acceptors (Lipinski definition) is 5. The number of sulfone groups is 1. The van der Waals surface area contributed by atoms with E-state index >= 15 is 0 Å². The number of aliphatic carboxylic acids is 1. The van der Waals surface area contributed by atoms with E-state index in [0.717, 1.165) is 24.9 Å². The van der Waals surface area contributed by atoms with Gasteiger partial charge in [-0.15, -0.1) is 12.4 Å². The summed E-state index contributed by atoms with van der Waals surface area (Å²) in [6.07, 6.45) is 5.64. The highest BCUT2D eigenvalue weighted by Crippen LogP contribution is 2.36. The molecule has 0 aliphatic heterocycles. The van der Waals surface area contributed by atoms with Crippen LogP contribution in [0.1, 0.15) is 47.0 Å². The van der Waals surface area contributed by atoms with E-state index < -0.39 is 15.8 Å². The lowest BCUT2D eigenvalue weighted by molar-refractivity contribution is -0.137. The highest BCUT2D eigenvalue weighted by molar-refractivity contribution is 7.91. The first kappa shape index (κ1) is 32.9. The summed E-state index contributed by atoms with van der Waals surface area (Å²) in [6, 6.07) is 21.9. The zero-order valence-electron chi connectivity index (χ0n) is 23.5. The fourth-order valence-corrected chi connectivity index (χ4v) is 5.61. The maximum absolute atomic E-state index is 13.7. The Hall–Kier alpha value is -3.33. The van der Waals surface area contributed by atoms with Gasteiger partial charge in [-0.1, -0.05) is 43.3 Å². The summed E-state index contributed by atoms with van der Waals surface area (Å²) in [7, 11) is -3.75. The van der Waals surface area contributed by atoms with Gasteiger partial charge in [0.25, 0.3) is 0 Å². The molecule has 2 heterocycles. The van der Waals surface area contributed by atoms with Gasteiger partial charge in [-0.25, -0.2) is 8.42 Å². The first-order valence-electron chi connectivity index (χ1n) is 13.1. The lowest BCUT2D eigenvalue weighted by Crippen LogP contribution is -2.36. The molecule has 0 saturated heterocycles. The van der Waals surface area contributed by atoms with Crippen LogP contribution in [-0.4, -0.2) is 42.6 Å². The van der Waals surface area contributed by atoms with Crippen LogP contribution in [0.2, 0.25) is 0 Å². The molecule has 0 radical (unpaired) electrons. The third-order valence-electron chi connectivity index (χ3n) is 5.83. The van der Waals surface area contributed by atoms with Gasteiger partial charge in [-0.2, -0.15) is 0 Å². The number of carboxylic acids is 1. The molecule has 0 amide bonds. The number of rotatable bonds is 10. The molecule has 0 aliphatic rings. The number of hydrogen-bond donors (Lipinski definition) is 2. The molecular weight excluding hydrogens is 548 g/mol. The molecule has 2 N–H and O–H groups in total. The summed E-state index contributed by atoms with van der Waals surface area (Å²) < 4.78 is 35.2. The zero-order chi connectivity index (χ0) is 28.5. The maximum Gasteiger partial charge on any atom is 0.303 e. The fourth-order valence-electron chi connectivity index (χ4n) is 3.97. The second-order valence-corrected chi connectivity index (χ2v) is 12.1. The molecule has 7 nitrogen and oxygen atoms in total. The van der Waals surface area contributed by atoms with Gasteiger partial charge in [-0.3, -0.25) is 4.79 Å². The van der Waals surface area contributed by atoms with Gasteiger partial charge in [0.2, 0.25) is 9.84 Å². The van der Waals surface area contributed by atoms with Crippen LogP contribution >= 0.6 is 12.4 Å². The minimum atomic E-state index is -3.75. The van der Waals surface area contributed by atoms with E-state index in [2.05, 4.69) is 26.1 Å². The number of nitrogens with one attached hydrogen (secondary N) is 1. The van der Waals surface area contributed by atoms with Crippen molar-refractivity contribution in [3.8, 4) is 16.9 Å². The van der Waals surface area contributed by atoms with Crippen molar-refractivity contribution in [2.24, 2.45) is 0 Å². The second-order valence-electron chi connectivity index (χ2n) is 10.2. The fraction of sp³-hybridized carbons (Fsp3) is 0.323. The van der Waals surface area contributed by atoms with Crippen molar-refractivity contribution in [1.29, 1.82) is 0 Å². The van der Waals surface area contributed by atoms with Crippen molar-refractivity contribution in [2.75, 3.05) is 13.2 Å². The highest BCUT2D eigenvalue weighted by atomic mass is 35.5. The Morgan fingerprint density at radius 3 is 2.20 bits per heavy atom. The number of ether oxygens (including phenoxy) is 1. The van der Waals surface area contributed by atoms with Gasteiger partial charge in [0.15, 0.2) is 0 Å². The third-order valence-corrected chi connectivity index (χ3v) is 7.69. The summed E-state index contributed by atoms with van der Waals surface area (Å²) in [6.45, 7) is 9.66. The van der Waals surface area contributed by atoms with Gasteiger partial charge in [0.1, 0.15) is 10.6 Å². The van der Waals surface area contributed by atoms with Crippen molar-refractivity contribution >= 4 is 33.7 Å². The average molecular weight is 587 g/mol. The van der Waals surface area contributed by atoms with Crippen molar-refractivity contribution < 1.29 is 23.1 Å². The van der Waals surface area contributed by atoms with Crippen LogP contribution in [0.3, 0.4) is 0 Å². The van der Waals surface area contributed by atoms with E-state index in [1.165, 1.54) is 0 Å². The van der Waals surface area contributed by atoms with E-state index in [-0.39, 0.29) is 22.8 Å². The van der Waals surface area contributed by atoms with Crippen molar-refractivity contribution in [3.05, 3.63) is 85.2 Å². The predicted octanol–water partition coefficient (Wildman–Crippen LogP) is 6.89. The van der Waals surface area contributed by atoms with Gasteiger partial charge >= 0.3 is 5.97 Å². The summed E-state index contributed by atoms with van der Waals surface area (Å²) in [5.41, 5.74) is 2.29. The standard InChI is InChI=1S/C27H30N2O3S.C4H8O2.ClH/c1-27(2,3)28-17-9-19-32-22-13-15-23(16-14-22)33(30,31)26-24(21-10-5-4-6-11-21)20-29-18-8-7-12-25(26)29;1-2-3-4(5)6;/h4-8,10-16,18,20,28H,9,17,19H2,1-3H3;2-3H2,1H3,(H,5,6);1H. The van der Waals surface area contributed by atoms with Crippen LogP contribution in [0.5, 0.6) is 5.75 Å². The summed E-state index contributed by atoms with van der Waals surface area (Å²) in [5, 5.41) is 11.3. The van der Waals surface area contributed by atoms with E-state index in [4.69, 9.17) is 9.84 Å². The van der Waals surface area contributed by atoms with Crippen molar-refractivity contribution in [1.82, 2.24) is 9.72 Å². The molecule has 4 aromatic rings. The molecule has 0 bridgehead atoms. The van der Waals surface area contributed by atoms with E-state index in [1.54, 1.807) is 24.3 Å². The molecular formula is C31H39ClN2O5S. The van der Waals surface area contributed by atoms with Crippen LogP contribution in [0.4, 0.5) is 0 Å². The topological polar surface area (TPSA) is 97.1 Å². The SMILES string of the molecule is CC(C)(C)NCCCOc1ccc(S(=O)(=O)c2c(-c3ccccc3)cn3ccccc23)cc1.CCCC(=O)O.Cl. The summed E-state index contributed by atoms with van der Waals surface area (Å²) in [4.78, 5) is 10.2. The number of carboxylic acid groups (broad SMARTS) is 1. The lowest BCUT2D eigenvalue weighted by atomic mass is 10.1. The molecule has 2 aromatic heterocycles. The summed E-state index contributed by atoms with van der Waals surface area (Å²) >= 11 is 0. The molecule has 9 heteroatoms. The van der Waals surface area contributed by atoms with Gasteiger partial charge in [0.05, 0.1) is 17.0 Å². The molecule has 0 unspecified atom stereocenters. The number of benzene rings is 2. The number of carbonyl (C=O) groups is 1. The average Bonchev–Trinajstić information content (AvgIpc) is 3.30. The van der Waals surface area contributed by atoms with Crippen LogP contribution < -0.4 is 10.1 Å². The number of fused-ring (bicyclic) bond motifs is 1. The van der Waals surface area contributed by atoms with E-state index in [1.807, 2.05) is 72.2 Å². The largest absolute Gasteiger partial charge is 0.494 e. The molecule has 0 saturated carbocycles. The lowest BCUT2D eigenvalue weighted by Gasteiger charge is -2.20. The number of aromatic nitrogens is 1. The van der Waals surface area contributed by atoms with Crippen LogP contribution in [0.25, 0.3) is 16.6 Å². The Morgan fingerprint density at radius 1 is 0.975 bits per heavy atom. The Bertz CT molecular complexity index is 1460. The number of pyridine rings is 1. The summed E-state index contributed by atoms with van der Waals surface area (Å²) in [5.74, 6) is -0.0489. The first-order valence-corrected chi connectivity index (χ1v) is 14.6. The Morgan fingerprint density at radius 2 is 1.62 bits per heavy atom. The quantitative estimate of drug-likeness (QED) is 0.196. The molecule has 0 atom stereocenters. The molecule has 2 aromatic carbocycles. The molecule has 0 aliphatic carbocycles. The molecule has 4 rings (SSSR count). The second kappa shape index (κ2) is 14.9. The van der Waals surface area contributed by atoms with Crippen LogP contribution in [-0.2, 0) is 14.6 Å². The van der Waals surface area contributed by atoms with Crippen molar-refractivity contribution in [2.45, 2.75) is 62.3 Å². The predicted molar refractivity (Wildman–Crippen MR) is 162 cm³/mol. The van der Waals surface area contributed by atoms with Gasteiger partial charge in [0, 0.05) is 29.9 Å². The number of halogens is 1. The van der Waals surface area contributed by atoms with Gasteiger partial charge < -0.3 is 19.6 Å². The molecule has 0 fully saturated rings. The molecule has 40 heavy (non-hydrogen) atoms. The molecule has 216 valence electrons. The molecule has 0 spiro atoms. The maximum atomic E-state index is 13.7. The Balaban J connectivity index is 0.000000723. The Labute approximate surface area is 243 Å². The smallest absolute Gasteiger partial charge is 0.303 e. The van der Waals surface area contributed by atoms with Crippen LogP contribution in [0, 0.1) is 0 Å². The van der Waals surface area contributed by atoms with Crippen LogP contribution in [0.15, 0.2) is 95.0 Å². The third kappa shape index (κ3) is 9.11. The minimum Gasteiger partial charge on any atom is -0.494 e. The monoisotopic (exact) mass is 586 g/mol. The number of nitrogens with zero attached hydrogens (tertiary/aromatic N) is 1. The van der Waals surface area contributed by atoms with Crippen molar-refractivity contribution in [3.63, 3.8) is 0 Å². The minimum absolute atomic E-state index is 0. The highest BCUT2D eigenvalue weighted by Gasteiger charge is 2.26. The first-order chi connectivity index (χ1) is 18.5. The normalized spacial score (nSPS) is 11.3. The van der Waals surface area contributed by atoms with E-state index in [0.29, 0.717) is 34.8 Å². The zero-order valence-corrected chi connectivity index (χ0v) is 25.1. The van der Waals surface area contributed by atoms with E-state index in [9.17, 15) is 13.2 Å². The Kier molecular flexibility index (Phi) is 12.2. The van der Waals surface area contributed by atoms with Gasteiger partial charge in [-0.05, 0) is 82.1 Å².